The van der Waals surface area contributed by atoms with Crippen molar-refractivity contribution in [1.29, 1.82) is 0 Å². The third-order valence-electron chi connectivity index (χ3n) is 2.29. The Bertz CT molecular complexity index is 786. The van der Waals surface area contributed by atoms with Crippen molar-refractivity contribution in [3.63, 3.8) is 0 Å². The van der Waals surface area contributed by atoms with Gasteiger partial charge in [-0.25, -0.2) is 0 Å². The first-order valence-electron chi connectivity index (χ1n) is 5.55. The van der Waals surface area contributed by atoms with Gasteiger partial charge in [-0.05, 0) is 18.2 Å². The molecule has 0 aliphatic rings. The van der Waals surface area contributed by atoms with Gasteiger partial charge in [-0.1, -0.05) is 35.3 Å². The summed E-state index contributed by atoms with van der Waals surface area (Å²) in [4.78, 5) is 10.9. The lowest BCUT2D eigenvalue weighted by molar-refractivity contribution is -0.114. The number of halogens is 2. The summed E-state index contributed by atoms with van der Waals surface area (Å²) >= 11 is 12.5. The minimum absolute atomic E-state index is 0.00825. The highest BCUT2D eigenvalue weighted by atomic mass is 35.5. The van der Waals surface area contributed by atoms with Crippen molar-refractivity contribution in [2.24, 2.45) is 0 Å². The van der Waals surface area contributed by atoms with Gasteiger partial charge in [-0.3, -0.25) is 4.79 Å². The fourth-order valence-electron chi connectivity index (χ4n) is 1.49. The quantitative estimate of drug-likeness (QED) is 0.836. The topological polar surface area (TPSA) is 72.5 Å². The Balaban J connectivity index is 2.37. The van der Waals surface area contributed by atoms with E-state index in [1.165, 1.54) is 25.1 Å². The van der Waals surface area contributed by atoms with E-state index in [0.29, 0.717) is 0 Å². The van der Waals surface area contributed by atoms with Crippen molar-refractivity contribution in [1.82, 2.24) is 0 Å². The first kappa shape index (κ1) is 16.1. The molecule has 0 radical (unpaired) electrons. The Labute approximate surface area is 135 Å². The van der Waals surface area contributed by atoms with Crippen LogP contribution >= 0.6 is 34.5 Å². The number of carbonyl (C=O) groups excluding carboxylic acids is 1. The summed E-state index contributed by atoms with van der Waals surface area (Å²) in [7, 11) is -4.14. The van der Waals surface area contributed by atoms with E-state index in [2.05, 4.69) is 5.32 Å². The molecule has 0 saturated carbocycles. The van der Waals surface area contributed by atoms with Crippen LogP contribution in [-0.2, 0) is 14.9 Å². The van der Waals surface area contributed by atoms with Gasteiger partial charge in [0.1, 0.15) is 9.23 Å². The van der Waals surface area contributed by atoms with Crippen LogP contribution in [-0.4, -0.2) is 14.3 Å². The van der Waals surface area contributed by atoms with Crippen LogP contribution in [0.15, 0.2) is 35.2 Å². The predicted octanol–water partition coefficient (Wildman–Crippen LogP) is 3.78. The fraction of sp³-hybridized carbons (Fsp3) is 0.0833. The lowest BCUT2D eigenvalue weighted by Gasteiger charge is -2.11. The van der Waals surface area contributed by atoms with E-state index in [1.807, 2.05) is 0 Å². The van der Waals surface area contributed by atoms with Gasteiger partial charge >= 0.3 is 10.1 Å². The molecule has 112 valence electrons. The average Bonchev–Trinajstić information content (AvgIpc) is 2.71. The molecule has 1 N–H and O–H groups in total. The Morgan fingerprint density at radius 3 is 2.52 bits per heavy atom. The van der Waals surface area contributed by atoms with E-state index in [0.717, 1.165) is 11.3 Å². The summed E-state index contributed by atoms with van der Waals surface area (Å²) < 4.78 is 29.7. The monoisotopic (exact) mass is 365 g/mol. The number of benzene rings is 1. The molecule has 0 spiro atoms. The molecule has 21 heavy (non-hydrogen) atoms. The summed E-state index contributed by atoms with van der Waals surface area (Å²) in [5.74, 6) is -0.355. The van der Waals surface area contributed by atoms with Gasteiger partial charge in [0.25, 0.3) is 0 Å². The molecule has 1 amide bonds. The van der Waals surface area contributed by atoms with Crippen LogP contribution in [0.2, 0.25) is 8.67 Å². The predicted molar refractivity (Wildman–Crippen MR) is 82.9 cm³/mol. The highest BCUT2D eigenvalue weighted by Gasteiger charge is 2.24. The number of rotatable bonds is 4. The zero-order chi connectivity index (χ0) is 15.6. The number of hydrogen-bond donors (Lipinski definition) is 1. The number of thiophene rings is 1. The van der Waals surface area contributed by atoms with Crippen LogP contribution in [0.1, 0.15) is 6.92 Å². The number of amides is 1. The van der Waals surface area contributed by atoms with E-state index in [9.17, 15) is 13.2 Å². The average molecular weight is 366 g/mol. The number of para-hydroxylation sites is 2. The molecular formula is C12H9Cl2NO4S2. The highest BCUT2D eigenvalue weighted by molar-refractivity contribution is 7.87. The Hall–Kier alpha value is -1.28. The maximum Gasteiger partial charge on any atom is 0.341 e. The largest absolute Gasteiger partial charge is 0.377 e. The van der Waals surface area contributed by atoms with Gasteiger partial charge in [-0.15, -0.1) is 11.3 Å². The van der Waals surface area contributed by atoms with Crippen LogP contribution in [0.5, 0.6) is 5.75 Å². The van der Waals surface area contributed by atoms with Crippen LogP contribution in [0.3, 0.4) is 0 Å². The van der Waals surface area contributed by atoms with Gasteiger partial charge in [0.05, 0.1) is 10.0 Å². The minimum atomic E-state index is -4.14. The molecule has 9 heteroatoms. The summed E-state index contributed by atoms with van der Waals surface area (Å²) in [6.45, 7) is 1.31. The molecular weight excluding hydrogens is 357 g/mol. The van der Waals surface area contributed by atoms with E-state index in [-0.39, 0.29) is 30.9 Å². The van der Waals surface area contributed by atoms with Gasteiger partial charge < -0.3 is 9.50 Å². The Kier molecular flexibility index (Phi) is 4.77. The molecule has 0 fully saturated rings. The molecule has 1 heterocycles. The molecule has 0 aliphatic carbocycles. The number of hydrogen-bond acceptors (Lipinski definition) is 5. The molecule has 1 aromatic heterocycles. The number of carbonyl (C=O) groups is 1. The third kappa shape index (κ3) is 3.88. The maximum atomic E-state index is 12.2. The molecule has 0 unspecified atom stereocenters. The normalized spacial score (nSPS) is 11.2. The molecule has 2 rings (SSSR count). The van der Waals surface area contributed by atoms with E-state index >= 15 is 0 Å². The van der Waals surface area contributed by atoms with Gasteiger partial charge in [-0.2, -0.15) is 8.42 Å². The van der Waals surface area contributed by atoms with Crippen LogP contribution in [0.25, 0.3) is 0 Å². The summed E-state index contributed by atoms with van der Waals surface area (Å²) in [6, 6.07) is 7.38. The van der Waals surface area contributed by atoms with Crippen molar-refractivity contribution in [3.8, 4) is 5.75 Å². The van der Waals surface area contributed by atoms with E-state index in [4.69, 9.17) is 27.4 Å². The summed E-state index contributed by atoms with van der Waals surface area (Å²) in [5.41, 5.74) is 0.242. The molecule has 5 nitrogen and oxygen atoms in total. The molecule has 1 aromatic carbocycles. The van der Waals surface area contributed by atoms with Gasteiger partial charge in [0.15, 0.2) is 5.75 Å². The second kappa shape index (κ2) is 6.23. The first-order chi connectivity index (χ1) is 9.79. The molecule has 0 aliphatic heterocycles. The molecule has 0 bridgehead atoms. The summed E-state index contributed by atoms with van der Waals surface area (Å²) in [6.07, 6.45) is 0. The second-order valence-electron chi connectivity index (χ2n) is 3.90. The highest BCUT2D eigenvalue weighted by Crippen LogP contribution is 2.36. The van der Waals surface area contributed by atoms with Crippen molar-refractivity contribution >= 4 is 56.3 Å². The van der Waals surface area contributed by atoms with E-state index < -0.39 is 10.1 Å². The van der Waals surface area contributed by atoms with Crippen molar-refractivity contribution in [3.05, 3.63) is 39.0 Å². The lowest BCUT2D eigenvalue weighted by Crippen LogP contribution is -2.12. The zero-order valence-electron chi connectivity index (χ0n) is 10.6. The summed E-state index contributed by atoms with van der Waals surface area (Å²) in [5, 5.41) is 2.48. The van der Waals surface area contributed by atoms with Crippen LogP contribution < -0.4 is 9.50 Å². The minimum Gasteiger partial charge on any atom is -0.377 e. The van der Waals surface area contributed by atoms with Crippen molar-refractivity contribution < 1.29 is 17.4 Å². The SMILES string of the molecule is CC(=O)Nc1ccccc1OS(=O)(=O)c1cc(Cl)sc1Cl. The van der Waals surface area contributed by atoms with Crippen LogP contribution in [0, 0.1) is 0 Å². The smallest absolute Gasteiger partial charge is 0.341 e. The van der Waals surface area contributed by atoms with Crippen LogP contribution in [0.4, 0.5) is 5.69 Å². The molecule has 0 saturated heterocycles. The van der Waals surface area contributed by atoms with Gasteiger partial charge in [0, 0.05) is 6.92 Å². The van der Waals surface area contributed by atoms with Crippen molar-refractivity contribution in [2.45, 2.75) is 11.8 Å². The number of anilines is 1. The zero-order valence-corrected chi connectivity index (χ0v) is 13.7. The van der Waals surface area contributed by atoms with E-state index in [1.54, 1.807) is 12.1 Å². The van der Waals surface area contributed by atoms with Crippen molar-refractivity contribution in [2.75, 3.05) is 5.32 Å². The van der Waals surface area contributed by atoms with Gasteiger partial charge in [0.2, 0.25) is 5.91 Å². The Morgan fingerprint density at radius 2 is 1.95 bits per heavy atom. The fourth-order valence-corrected chi connectivity index (χ4v) is 4.55. The first-order valence-corrected chi connectivity index (χ1v) is 8.53. The second-order valence-corrected chi connectivity index (χ2v) is 7.70. The molecule has 2 aromatic rings. The molecule has 0 atom stereocenters. The lowest BCUT2D eigenvalue weighted by atomic mass is 10.3. The number of nitrogens with one attached hydrogen (secondary N) is 1. The maximum absolute atomic E-state index is 12.2. The Morgan fingerprint density at radius 1 is 1.29 bits per heavy atom. The standard InChI is InChI=1S/C12H9Cl2NO4S2/c1-7(16)15-8-4-2-3-5-9(8)19-21(17,18)10-6-11(13)20-12(10)14/h2-6H,1H3,(H,15,16). The third-order valence-corrected chi connectivity index (χ3v) is 5.28.